The van der Waals surface area contributed by atoms with Crippen LogP contribution in [0.15, 0.2) is 103 Å². The van der Waals surface area contributed by atoms with Gasteiger partial charge >= 0.3 is 12.1 Å². The lowest BCUT2D eigenvalue weighted by Crippen LogP contribution is -2.50. The number of aliphatic hydroxyl groups excluding tert-OH is 2. The molecule has 5 aromatic rings. The van der Waals surface area contributed by atoms with E-state index in [1.807, 2.05) is 117 Å². The van der Waals surface area contributed by atoms with Gasteiger partial charge in [0.1, 0.15) is 6.61 Å². The average Bonchev–Trinajstić information content (AvgIpc) is 3.63. The van der Waals surface area contributed by atoms with Gasteiger partial charge in [-0.2, -0.15) is 0 Å². The van der Waals surface area contributed by atoms with Crippen LogP contribution < -0.4 is 0 Å². The fourth-order valence-electron chi connectivity index (χ4n) is 7.64. The molecule has 1 aliphatic heterocycles. The zero-order chi connectivity index (χ0) is 51.9. The molecule has 2 aromatic heterocycles. The van der Waals surface area contributed by atoms with Gasteiger partial charge in [0.05, 0.1) is 64.7 Å². The van der Waals surface area contributed by atoms with Crippen molar-refractivity contribution in [2.45, 2.75) is 142 Å². The highest BCUT2D eigenvalue weighted by atomic mass is 28.4. The SMILES string of the molecule is C[C@H](O[Si](C)(C)C(C)(C)C)[C@@H](/C=C/c1ccc2ccc([C@@H](C)O)nc2c1)C(=O)N1C(=O)OC[C@H]1Cc1ccccc1.C[C@H](O[Si](C)(C)C(C)(C)C)[C@@H](/C=C/c1ccc2ccc([C@@H](C)O)nc2c1)C(=O)O. The summed E-state index contributed by atoms with van der Waals surface area (Å²) in [5.74, 6) is -2.67. The molecule has 3 aromatic carbocycles. The summed E-state index contributed by atoms with van der Waals surface area (Å²) in [5, 5.41) is 31.3. The number of ether oxygens (including phenoxy) is 1. The van der Waals surface area contributed by atoms with Crippen molar-refractivity contribution in [3.8, 4) is 0 Å². The molecule has 1 aliphatic rings. The summed E-state index contributed by atoms with van der Waals surface area (Å²) in [5.41, 5.74) is 5.48. The second-order valence-electron chi connectivity index (χ2n) is 21.6. The lowest BCUT2D eigenvalue weighted by atomic mass is 9.98. The Morgan fingerprint density at radius 2 is 1.13 bits per heavy atom. The van der Waals surface area contributed by atoms with E-state index in [2.05, 4.69) is 77.7 Å². The molecule has 0 radical (unpaired) electrons. The molecule has 70 heavy (non-hydrogen) atoms. The number of imide groups is 1. The van der Waals surface area contributed by atoms with Gasteiger partial charge in [-0.05, 0) is 111 Å². The number of carbonyl (C=O) groups is 3. The molecule has 3 N–H and O–H groups in total. The van der Waals surface area contributed by atoms with Crippen LogP contribution in [0.1, 0.15) is 110 Å². The molecule has 1 saturated heterocycles. The van der Waals surface area contributed by atoms with Gasteiger partial charge < -0.3 is 28.9 Å². The molecule has 7 atom stereocenters. The molecule has 14 heteroatoms. The molecule has 0 saturated carbocycles. The number of hydrogen-bond donors (Lipinski definition) is 3. The van der Waals surface area contributed by atoms with E-state index in [1.54, 1.807) is 26.0 Å². The second-order valence-corrected chi connectivity index (χ2v) is 31.1. The van der Waals surface area contributed by atoms with Crippen LogP contribution in [0.3, 0.4) is 0 Å². The third-order valence-corrected chi connectivity index (χ3v) is 23.1. The van der Waals surface area contributed by atoms with Crippen LogP contribution in [0.5, 0.6) is 0 Å². The largest absolute Gasteiger partial charge is 0.481 e. The Kier molecular flexibility index (Phi) is 18.1. The summed E-state index contributed by atoms with van der Waals surface area (Å²) in [6.07, 6.45) is 4.93. The predicted molar refractivity (Wildman–Crippen MR) is 285 cm³/mol. The molecular formula is C56H75N3O9Si2. The highest BCUT2D eigenvalue weighted by Crippen LogP contribution is 2.40. The minimum atomic E-state index is -2.23. The summed E-state index contributed by atoms with van der Waals surface area (Å²) in [7, 11) is -4.30. The van der Waals surface area contributed by atoms with Gasteiger partial charge in [0.25, 0.3) is 0 Å². The topological polar surface area (TPSA) is 169 Å². The number of aliphatic carboxylic acids is 1. The smallest absolute Gasteiger partial charge is 0.417 e. The van der Waals surface area contributed by atoms with Gasteiger partial charge in [-0.25, -0.2) is 9.69 Å². The van der Waals surface area contributed by atoms with E-state index < -0.39 is 71.0 Å². The number of carbonyl (C=O) groups excluding carboxylic acids is 2. The molecule has 0 unspecified atom stereocenters. The molecule has 12 nitrogen and oxygen atoms in total. The van der Waals surface area contributed by atoms with Crippen molar-refractivity contribution in [1.29, 1.82) is 0 Å². The number of nitrogens with zero attached hydrogens (tertiary/aromatic N) is 3. The second kappa shape index (κ2) is 22.8. The van der Waals surface area contributed by atoms with E-state index in [0.29, 0.717) is 17.8 Å². The molecular weight excluding hydrogens is 915 g/mol. The van der Waals surface area contributed by atoms with Crippen molar-refractivity contribution in [2.75, 3.05) is 6.61 Å². The molecule has 0 bridgehead atoms. The van der Waals surface area contributed by atoms with Crippen molar-refractivity contribution >= 4 is 68.6 Å². The summed E-state index contributed by atoms with van der Waals surface area (Å²) < 4.78 is 18.4. The van der Waals surface area contributed by atoms with E-state index >= 15 is 0 Å². The van der Waals surface area contributed by atoms with Gasteiger partial charge in [-0.15, -0.1) is 0 Å². The highest BCUT2D eigenvalue weighted by molar-refractivity contribution is 6.74. The fourth-order valence-corrected chi connectivity index (χ4v) is 10.5. The van der Waals surface area contributed by atoms with Crippen molar-refractivity contribution in [1.82, 2.24) is 14.9 Å². The quantitative estimate of drug-likeness (QED) is 0.0805. The normalized spacial score (nSPS) is 17.5. The first-order chi connectivity index (χ1) is 32.6. The number of aromatic nitrogens is 2. The number of rotatable bonds is 16. The third kappa shape index (κ3) is 14.2. The van der Waals surface area contributed by atoms with E-state index in [-0.39, 0.29) is 22.6 Å². The van der Waals surface area contributed by atoms with Gasteiger partial charge in [-0.1, -0.05) is 133 Å². The molecule has 2 amide bonds. The first-order valence-electron chi connectivity index (χ1n) is 24.2. The van der Waals surface area contributed by atoms with E-state index in [9.17, 15) is 29.7 Å². The van der Waals surface area contributed by atoms with Gasteiger partial charge in [0.15, 0.2) is 16.6 Å². The molecule has 6 rings (SSSR count). The number of benzene rings is 3. The Balaban J connectivity index is 0.000000277. The van der Waals surface area contributed by atoms with Gasteiger partial charge in [0, 0.05) is 10.8 Å². The summed E-state index contributed by atoms with van der Waals surface area (Å²) in [6.45, 7) is 28.8. The molecule has 3 heterocycles. The van der Waals surface area contributed by atoms with Crippen molar-refractivity contribution < 1.29 is 43.3 Å². The summed E-state index contributed by atoms with van der Waals surface area (Å²) >= 11 is 0. The maximum Gasteiger partial charge on any atom is 0.417 e. The minimum Gasteiger partial charge on any atom is -0.481 e. The number of cyclic esters (lactones) is 1. The highest BCUT2D eigenvalue weighted by Gasteiger charge is 2.45. The van der Waals surface area contributed by atoms with E-state index in [1.165, 1.54) is 4.90 Å². The van der Waals surface area contributed by atoms with Gasteiger partial charge in [-0.3, -0.25) is 19.6 Å². The Labute approximate surface area is 417 Å². The van der Waals surface area contributed by atoms with Crippen LogP contribution in [-0.4, -0.2) is 89.6 Å². The number of aliphatic hydroxyl groups is 2. The third-order valence-electron chi connectivity index (χ3n) is 14.0. The standard InChI is InChI=1S/C33H42N2O5Si.C23H33NO4Si/c1-22(36)29-18-16-26-15-13-25(20-30(26)34-29)14-17-28(23(2)40-41(6,7)33(3,4)5)31(37)35-27(21-39-32(35)38)19-24-11-9-8-10-12-24;1-15(25)20-13-11-18-10-8-17(14-21(18)24-20)9-12-19(22(26)27)16(2)28-29(6,7)23(3,4)5/h8-18,20,22-23,27-28,36H,19,21H2,1-7H3;8-16,19,25H,1-7H3,(H,26,27)/b17-14+;12-9+/t22-,23+,27-,28-;15-,16+,19-/m11/s1. The summed E-state index contributed by atoms with van der Waals surface area (Å²) in [6, 6.07) is 28.5. The maximum absolute atomic E-state index is 14.2. The Hall–Kier alpha value is -5.36. The van der Waals surface area contributed by atoms with E-state index in [0.717, 1.165) is 38.5 Å². The van der Waals surface area contributed by atoms with Crippen molar-refractivity contribution in [2.24, 2.45) is 11.8 Å². The minimum absolute atomic E-state index is 0.0135. The van der Waals surface area contributed by atoms with Crippen LogP contribution in [-0.2, 0) is 29.6 Å². The lowest BCUT2D eigenvalue weighted by molar-refractivity contribution is -0.142. The zero-order valence-corrected chi connectivity index (χ0v) is 45.6. The first kappa shape index (κ1) is 55.6. The molecule has 0 aliphatic carbocycles. The number of amides is 2. The number of carboxylic acid groups (broad SMARTS) is 1. The molecule has 0 spiro atoms. The predicted octanol–water partition coefficient (Wildman–Crippen LogP) is 12.3. The Bertz CT molecular complexity index is 2670. The Morgan fingerprint density at radius 3 is 1.56 bits per heavy atom. The number of hydrogen-bond acceptors (Lipinski definition) is 10. The number of fused-ring (bicyclic) bond motifs is 2. The van der Waals surface area contributed by atoms with Crippen LogP contribution in [0.4, 0.5) is 4.79 Å². The number of pyridine rings is 2. The first-order valence-corrected chi connectivity index (χ1v) is 30.1. The van der Waals surface area contributed by atoms with E-state index in [4.69, 9.17) is 13.6 Å². The van der Waals surface area contributed by atoms with Crippen LogP contribution >= 0.6 is 0 Å². The number of carboxylic acids is 1. The van der Waals surface area contributed by atoms with Crippen molar-refractivity contribution in [3.05, 3.63) is 131 Å². The van der Waals surface area contributed by atoms with Gasteiger partial charge in [0.2, 0.25) is 5.91 Å². The Morgan fingerprint density at radius 1 is 0.700 bits per heavy atom. The van der Waals surface area contributed by atoms with Crippen LogP contribution in [0.25, 0.3) is 34.0 Å². The van der Waals surface area contributed by atoms with Crippen LogP contribution in [0, 0.1) is 11.8 Å². The maximum atomic E-state index is 14.2. The summed E-state index contributed by atoms with van der Waals surface area (Å²) in [4.78, 5) is 49.3. The fraction of sp³-hybridized carbons (Fsp3) is 0.446. The van der Waals surface area contributed by atoms with Crippen LogP contribution in [0.2, 0.25) is 36.3 Å². The average molecular weight is 990 g/mol. The lowest BCUT2D eigenvalue weighted by Gasteiger charge is -2.40. The van der Waals surface area contributed by atoms with Crippen molar-refractivity contribution in [3.63, 3.8) is 0 Å². The molecule has 376 valence electrons. The monoisotopic (exact) mass is 990 g/mol. The molecule has 1 fully saturated rings. The zero-order valence-electron chi connectivity index (χ0n) is 43.6.